The molecule has 6 rings (SSSR count). The van der Waals surface area contributed by atoms with Gasteiger partial charge < -0.3 is 4.74 Å². The van der Waals surface area contributed by atoms with Gasteiger partial charge >= 0.3 is 5.97 Å². The highest BCUT2D eigenvalue weighted by molar-refractivity contribution is 5.88. The number of carbonyl (C=O) groups is 3. The lowest BCUT2D eigenvalue weighted by molar-refractivity contribution is -0.196. The summed E-state index contributed by atoms with van der Waals surface area (Å²) < 4.78 is 5.80. The first-order valence-corrected chi connectivity index (χ1v) is 10.8. The molecule has 1 heterocycles. The molecule has 31 heavy (non-hydrogen) atoms. The Bertz CT molecular complexity index is 1050. The molecule has 6 nitrogen and oxygen atoms in total. The van der Waals surface area contributed by atoms with E-state index in [0.29, 0.717) is 0 Å². The van der Waals surface area contributed by atoms with Gasteiger partial charge in [0.1, 0.15) is 0 Å². The highest BCUT2D eigenvalue weighted by atomic mass is 16.6. The molecule has 0 unspecified atom stereocenters. The molecule has 2 bridgehead atoms. The summed E-state index contributed by atoms with van der Waals surface area (Å²) in [6, 6.07) is 16.2. The lowest BCUT2D eigenvalue weighted by Crippen LogP contribution is -2.55. The predicted octanol–water partition coefficient (Wildman–Crippen LogP) is 3.41. The number of hydrogen-bond donors (Lipinski definition) is 0. The van der Waals surface area contributed by atoms with Gasteiger partial charge in [0.05, 0.1) is 5.92 Å². The van der Waals surface area contributed by atoms with Gasteiger partial charge in [-0.25, -0.2) is 10.0 Å². The molecule has 1 aliphatic heterocycles. The van der Waals surface area contributed by atoms with Gasteiger partial charge in [-0.1, -0.05) is 48.5 Å². The van der Waals surface area contributed by atoms with Gasteiger partial charge in [-0.15, -0.1) is 0 Å². The van der Waals surface area contributed by atoms with Crippen molar-refractivity contribution in [2.24, 2.45) is 11.8 Å². The standard InChI is InChI=1S/C25H26N2O4/c1-13(2)26(14(3)28)27-24(30)22-20-16-9-5-7-11-18(16)21(19-12-8-6-10-17(19)20)23(22)25(27)31-15(4)29/h5-13,20-23,25H,1-4H3/t20?,21?,22-,23+,25-/m1/s1. The van der Waals surface area contributed by atoms with E-state index >= 15 is 0 Å². The molecule has 0 N–H and O–H groups in total. The molecule has 2 aromatic rings. The van der Waals surface area contributed by atoms with E-state index in [-0.39, 0.29) is 41.5 Å². The van der Waals surface area contributed by atoms with Gasteiger partial charge in [0.25, 0.3) is 0 Å². The smallest absolute Gasteiger partial charge is 0.304 e. The van der Waals surface area contributed by atoms with Crippen molar-refractivity contribution < 1.29 is 19.1 Å². The fourth-order valence-corrected chi connectivity index (χ4v) is 6.10. The third kappa shape index (κ3) is 2.67. The molecule has 3 aliphatic carbocycles. The lowest BCUT2D eigenvalue weighted by Gasteiger charge is -2.47. The number of nitrogens with zero attached hydrogens (tertiary/aromatic N) is 2. The van der Waals surface area contributed by atoms with Crippen molar-refractivity contribution in [1.82, 2.24) is 10.0 Å². The molecule has 2 amide bonds. The Kier molecular flexibility index (Phi) is 4.43. The fourth-order valence-electron chi connectivity index (χ4n) is 6.10. The molecular formula is C25H26N2O4. The first-order valence-electron chi connectivity index (χ1n) is 10.8. The van der Waals surface area contributed by atoms with Crippen LogP contribution in [0, 0.1) is 11.8 Å². The Morgan fingerprint density at radius 3 is 1.81 bits per heavy atom. The number of hydrogen-bond acceptors (Lipinski definition) is 4. The number of rotatable bonds is 3. The molecule has 6 heteroatoms. The van der Waals surface area contributed by atoms with Crippen LogP contribution >= 0.6 is 0 Å². The molecule has 3 atom stereocenters. The van der Waals surface area contributed by atoms with Crippen LogP contribution in [0.5, 0.6) is 0 Å². The Balaban J connectivity index is 1.74. The Morgan fingerprint density at radius 1 is 0.903 bits per heavy atom. The molecule has 160 valence electrons. The summed E-state index contributed by atoms with van der Waals surface area (Å²) in [7, 11) is 0. The van der Waals surface area contributed by atoms with Crippen molar-refractivity contribution in [3.05, 3.63) is 70.8 Å². The largest absolute Gasteiger partial charge is 0.439 e. The zero-order chi connectivity index (χ0) is 22.0. The minimum Gasteiger partial charge on any atom is -0.439 e. The second-order valence-corrected chi connectivity index (χ2v) is 8.96. The van der Waals surface area contributed by atoms with Crippen molar-refractivity contribution in [2.75, 3.05) is 0 Å². The highest BCUT2D eigenvalue weighted by Crippen LogP contribution is 2.62. The Hall–Kier alpha value is -3.15. The minimum absolute atomic E-state index is 0.0818. The number of carbonyl (C=O) groups excluding carboxylic acids is 3. The summed E-state index contributed by atoms with van der Waals surface area (Å²) in [5, 5.41) is 2.88. The summed E-state index contributed by atoms with van der Waals surface area (Å²) in [4.78, 5) is 38.6. The van der Waals surface area contributed by atoms with E-state index in [1.165, 1.54) is 35.0 Å². The average Bonchev–Trinajstić information content (AvgIpc) is 3.00. The van der Waals surface area contributed by atoms with Crippen LogP contribution in [0.1, 0.15) is 61.8 Å². The summed E-state index contributed by atoms with van der Waals surface area (Å²) in [6.07, 6.45) is -0.824. The third-order valence-corrected chi connectivity index (χ3v) is 6.90. The molecule has 1 saturated heterocycles. The van der Waals surface area contributed by atoms with Crippen LogP contribution in [0.2, 0.25) is 0 Å². The third-order valence-electron chi connectivity index (χ3n) is 6.90. The summed E-state index contributed by atoms with van der Waals surface area (Å²) in [5.41, 5.74) is 4.67. The summed E-state index contributed by atoms with van der Waals surface area (Å²) in [6.45, 7) is 6.52. The van der Waals surface area contributed by atoms with Crippen molar-refractivity contribution in [1.29, 1.82) is 0 Å². The average molecular weight is 418 g/mol. The maximum atomic E-state index is 13.9. The zero-order valence-corrected chi connectivity index (χ0v) is 18.1. The molecule has 0 spiro atoms. The van der Waals surface area contributed by atoms with Gasteiger partial charge in [-0.3, -0.25) is 14.4 Å². The normalized spacial score (nSPS) is 27.6. The number of esters is 1. The highest BCUT2D eigenvalue weighted by Gasteiger charge is 2.64. The molecular weight excluding hydrogens is 392 g/mol. The van der Waals surface area contributed by atoms with Crippen molar-refractivity contribution in [3.8, 4) is 0 Å². The maximum Gasteiger partial charge on any atom is 0.304 e. The molecule has 0 radical (unpaired) electrons. The van der Waals surface area contributed by atoms with E-state index < -0.39 is 12.2 Å². The van der Waals surface area contributed by atoms with Crippen LogP contribution in [-0.2, 0) is 19.1 Å². The number of benzene rings is 2. The SMILES string of the molecule is CC(=O)O[C@@H]1[C@H]2C3c4ccccc4C(c4ccccc43)[C@H]2C(=O)N1N(C(C)=O)C(C)C. The van der Waals surface area contributed by atoms with Gasteiger partial charge in [-0.2, -0.15) is 0 Å². The maximum absolute atomic E-state index is 13.9. The lowest BCUT2D eigenvalue weighted by atomic mass is 9.55. The summed E-state index contributed by atoms with van der Waals surface area (Å²) >= 11 is 0. The van der Waals surface area contributed by atoms with Gasteiger partial charge in [0.15, 0.2) is 0 Å². The van der Waals surface area contributed by atoms with E-state index in [1.54, 1.807) is 0 Å². The van der Waals surface area contributed by atoms with Crippen LogP contribution < -0.4 is 0 Å². The number of ether oxygens (including phenoxy) is 1. The van der Waals surface area contributed by atoms with Gasteiger partial charge in [0.2, 0.25) is 18.0 Å². The van der Waals surface area contributed by atoms with E-state index in [4.69, 9.17) is 4.74 Å². The van der Waals surface area contributed by atoms with Crippen molar-refractivity contribution in [3.63, 3.8) is 0 Å². The minimum atomic E-state index is -0.824. The zero-order valence-electron chi connectivity index (χ0n) is 18.1. The van der Waals surface area contributed by atoms with Gasteiger partial charge in [-0.05, 0) is 36.1 Å². The Labute approximate surface area is 181 Å². The second kappa shape index (κ2) is 6.94. The molecule has 1 fully saturated rings. The van der Waals surface area contributed by atoms with E-state index in [0.717, 1.165) is 11.1 Å². The number of amides is 2. The van der Waals surface area contributed by atoms with E-state index in [2.05, 4.69) is 24.3 Å². The number of hydrazine groups is 1. The first kappa shape index (κ1) is 19.8. The van der Waals surface area contributed by atoms with Crippen molar-refractivity contribution >= 4 is 17.8 Å². The topological polar surface area (TPSA) is 66.9 Å². The van der Waals surface area contributed by atoms with Crippen LogP contribution in [0.15, 0.2) is 48.5 Å². The predicted molar refractivity (Wildman–Crippen MR) is 114 cm³/mol. The molecule has 0 aromatic heterocycles. The molecule has 2 aromatic carbocycles. The van der Waals surface area contributed by atoms with Crippen LogP contribution in [0.4, 0.5) is 0 Å². The van der Waals surface area contributed by atoms with E-state index in [9.17, 15) is 14.4 Å². The van der Waals surface area contributed by atoms with E-state index in [1.807, 2.05) is 38.1 Å². The van der Waals surface area contributed by atoms with Crippen molar-refractivity contribution in [2.45, 2.75) is 51.8 Å². The molecule has 4 aliphatic rings. The van der Waals surface area contributed by atoms with Crippen LogP contribution in [0.3, 0.4) is 0 Å². The fraction of sp³-hybridized carbons (Fsp3) is 0.400. The monoisotopic (exact) mass is 418 g/mol. The summed E-state index contributed by atoms with van der Waals surface area (Å²) in [5.74, 6) is -1.72. The molecule has 0 saturated carbocycles. The van der Waals surface area contributed by atoms with Gasteiger partial charge in [0, 0.05) is 37.6 Å². The van der Waals surface area contributed by atoms with Crippen LogP contribution in [-0.4, -0.2) is 40.1 Å². The second-order valence-electron chi connectivity index (χ2n) is 8.96. The Morgan fingerprint density at radius 2 is 1.39 bits per heavy atom. The quantitative estimate of drug-likeness (QED) is 0.717. The van der Waals surface area contributed by atoms with Crippen LogP contribution in [0.25, 0.3) is 0 Å². The first-order chi connectivity index (χ1) is 14.8.